The van der Waals surface area contributed by atoms with E-state index in [2.05, 4.69) is 4.98 Å². The van der Waals surface area contributed by atoms with Gasteiger partial charge in [0, 0.05) is 22.2 Å². The smallest absolute Gasteiger partial charge is 0.221 e. The molecule has 14 heavy (non-hydrogen) atoms. The quantitative estimate of drug-likeness (QED) is 0.733. The van der Waals surface area contributed by atoms with Crippen LogP contribution in [-0.2, 0) is 0 Å². The van der Waals surface area contributed by atoms with E-state index in [-0.39, 0.29) is 5.78 Å². The number of nitrogens with zero attached hydrogens (tertiary/aromatic N) is 1. The summed E-state index contributed by atoms with van der Waals surface area (Å²) in [5, 5.41) is 2.91. The summed E-state index contributed by atoms with van der Waals surface area (Å²) in [4.78, 5) is 15.7. The minimum absolute atomic E-state index is 0.0586. The first-order valence-electron chi connectivity index (χ1n) is 3.97. The molecule has 1 aromatic heterocycles. The molecule has 2 rings (SSSR count). The fraction of sp³-hybridized carbons (Fsp3) is 0. The molecule has 0 unspecified atom stereocenters. The van der Waals surface area contributed by atoms with Gasteiger partial charge in [0.1, 0.15) is 0 Å². The number of ketones is 1. The van der Waals surface area contributed by atoms with Crippen LogP contribution in [0.25, 0.3) is 0 Å². The number of carbonyl (C=O) groups is 1. The molecule has 0 N–H and O–H groups in total. The number of rotatable bonds is 2. The molecule has 0 amide bonds. The van der Waals surface area contributed by atoms with Crippen LogP contribution >= 0.6 is 22.9 Å². The van der Waals surface area contributed by atoms with Gasteiger partial charge in [-0.1, -0.05) is 11.6 Å². The molecule has 0 fully saturated rings. The predicted octanol–water partition coefficient (Wildman–Crippen LogP) is 3.03. The molecule has 0 radical (unpaired) electrons. The number of thiazole rings is 1. The molecule has 0 saturated carbocycles. The molecule has 0 aliphatic carbocycles. The molecular weight excluding hydrogens is 218 g/mol. The van der Waals surface area contributed by atoms with Crippen LogP contribution in [0.5, 0.6) is 0 Å². The van der Waals surface area contributed by atoms with E-state index in [1.54, 1.807) is 35.8 Å². The topological polar surface area (TPSA) is 30.0 Å². The number of halogens is 1. The monoisotopic (exact) mass is 223 g/mol. The van der Waals surface area contributed by atoms with E-state index >= 15 is 0 Å². The van der Waals surface area contributed by atoms with Crippen LogP contribution in [0.1, 0.15) is 15.4 Å². The predicted molar refractivity (Wildman–Crippen MR) is 57.0 cm³/mol. The van der Waals surface area contributed by atoms with Crippen molar-refractivity contribution >= 4 is 28.7 Å². The van der Waals surface area contributed by atoms with E-state index in [0.29, 0.717) is 15.6 Å². The van der Waals surface area contributed by atoms with E-state index in [4.69, 9.17) is 11.6 Å². The third-order valence-corrected chi connectivity index (χ3v) is 2.76. The maximum absolute atomic E-state index is 11.7. The van der Waals surface area contributed by atoms with Crippen LogP contribution in [0.2, 0.25) is 5.02 Å². The van der Waals surface area contributed by atoms with Crippen LogP contribution in [0.15, 0.2) is 35.8 Å². The van der Waals surface area contributed by atoms with Crippen molar-refractivity contribution in [2.45, 2.75) is 0 Å². The van der Waals surface area contributed by atoms with Gasteiger partial charge in [-0.2, -0.15) is 0 Å². The van der Waals surface area contributed by atoms with Gasteiger partial charge in [0.15, 0.2) is 5.01 Å². The van der Waals surface area contributed by atoms with Crippen molar-refractivity contribution in [1.82, 2.24) is 4.98 Å². The molecule has 0 spiro atoms. The first-order valence-corrected chi connectivity index (χ1v) is 5.23. The number of aromatic nitrogens is 1. The van der Waals surface area contributed by atoms with E-state index in [9.17, 15) is 4.79 Å². The van der Waals surface area contributed by atoms with Crippen molar-refractivity contribution in [3.63, 3.8) is 0 Å². The Labute approximate surface area is 90.2 Å². The summed E-state index contributed by atoms with van der Waals surface area (Å²) in [5.74, 6) is -0.0586. The molecule has 2 aromatic rings. The maximum Gasteiger partial charge on any atom is 0.221 e. The molecule has 0 aliphatic rings. The Bertz CT molecular complexity index is 436. The Morgan fingerprint density at radius 3 is 2.57 bits per heavy atom. The number of hydrogen-bond donors (Lipinski definition) is 0. The summed E-state index contributed by atoms with van der Waals surface area (Å²) in [6.07, 6.45) is 1.62. The molecule has 0 aliphatic heterocycles. The Kier molecular flexibility index (Phi) is 2.61. The van der Waals surface area contributed by atoms with Gasteiger partial charge < -0.3 is 0 Å². The van der Waals surface area contributed by atoms with Crippen molar-refractivity contribution in [2.24, 2.45) is 0 Å². The molecule has 2 nitrogen and oxygen atoms in total. The largest absolute Gasteiger partial charge is 0.286 e. The lowest BCUT2D eigenvalue weighted by molar-refractivity contribution is 0.103. The minimum Gasteiger partial charge on any atom is -0.286 e. The second-order valence-corrected chi connectivity index (χ2v) is 4.00. The van der Waals surface area contributed by atoms with Crippen molar-refractivity contribution in [2.75, 3.05) is 0 Å². The van der Waals surface area contributed by atoms with Crippen LogP contribution in [0, 0.1) is 0 Å². The van der Waals surface area contributed by atoms with Crippen LogP contribution in [0.4, 0.5) is 0 Å². The van der Waals surface area contributed by atoms with Gasteiger partial charge in [-0.3, -0.25) is 4.79 Å². The summed E-state index contributed by atoms with van der Waals surface area (Å²) in [6.45, 7) is 0. The fourth-order valence-electron chi connectivity index (χ4n) is 1.06. The van der Waals surface area contributed by atoms with E-state index in [1.165, 1.54) is 11.3 Å². The third-order valence-electron chi connectivity index (χ3n) is 1.73. The Morgan fingerprint density at radius 2 is 2.00 bits per heavy atom. The molecule has 70 valence electrons. The van der Waals surface area contributed by atoms with Gasteiger partial charge in [-0.15, -0.1) is 11.3 Å². The Morgan fingerprint density at radius 1 is 1.29 bits per heavy atom. The molecule has 0 bridgehead atoms. The van der Waals surface area contributed by atoms with Crippen LogP contribution in [-0.4, -0.2) is 10.8 Å². The molecule has 1 heterocycles. The summed E-state index contributed by atoms with van der Waals surface area (Å²) < 4.78 is 0. The average Bonchev–Trinajstić information content (AvgIpc) is 2.71. The van der Waals surface area contributed by atoms with Crippen molar-refractivity contribution in [3.05, 3.63) is 51.4 Å². The van der Waals surface area contributed by atoms with E-state index < -0.39 is 0 Å². The second kappa shape index (κ2) is 3.90. The molecule has 4 heteroatoms. The SMILES string of the molecule is O=C(c1ccc(Cl)cc1)c1nccs1. The highest BCUT2D eigenvalue weighted by atomic mass is 35.5. The fourth-order valence-corrected chi connectivity index (χ4v) is 1.78. The third kappa shape index (κ3) is 1.84. The zero-order valence-electron chi connectivity index (χ0n) is 7.11. The van der Waals surface area contributed by atoms with Gasteiger partial charge in [-0.05, 0) is 24.3 Å². The van der Waals surface area contributed by atoms with Crippen molar-refractivity contribution < 1.29 is 4.79 Å². The van der Waals surface area contributed by atoms with Crippen LogP contribution < -0.4 is 0 Å². The standard InChI is InChI=1S/C10H6ClNOS/c11-8-3-1-7(2-4-8)9(13)10-12-5-6-14-10/h1-6H. The summed E-state index contributed by atoms with van der Waals surface area (Å²) in [5.41, 5.74) is 0.615. The number of carbonyl (C=O) groups excluding carboxylic acids is 1. The second-order valence-electron chi connectivity index (χ2n) is 2.67. The lowest BCUT2D eigenvalue weighted by Gasteiger charge is -1.96. The molecule has 1 aromatic carbocycles. The normalized spacial score (nSPS) is 10.1. The molecule has 0 saturated heterocycles. The zero-order chi connectivity index (χ0) is 9.97. The van der Waals surface area contributed by atoms with Crippen molar-refractivity contribution in [1.29, 1.82) is 0 Å². The lowest BCUT2D eigenvalue weighted by atomic mass is 10.1. The highest BCUT2D eigenvalue weighted by Gasteiger charge is 2.10. The van der Waals surface area contributed by atoms with Gasteiger partial charge >= 0.3 is 0 Å². The Hall–Kier alpha value is -1.19. The molecular formula is C10H6ClNOS. The lowest BCUT2D eigenvalue weighted by Crippen LogP contribution is -1.99. The van der Waals surface area contributed by atoms with E-state index in [1.807, 2.05) is 0 Å². The van der Waals surface area contributed by atoms with Crippen LogP contribution in [0.3, 0.4) is 0 Å². The maximum atomic E-state index is 11.7. The molecule has 0 atom stereocenters. The van der Waals surface area contributed by atoms with Crippen molar-refractivity contribution in [3.8, 4) is 0 Å². The first-order chi connectivity index (χ1) is 6.77. The summed E-state index contributed by atoms with van der Waals surface area (Å²) >= 11 is 7.05. The Balaban J connectivity index is 2.33. The summed E-state index contributed by atoms with van der Waals surface area (Å²) in [7, 11) is 0. The number of benzene rings is 1. The summed E-state index contributed by atoms with van der Waals surface area (Å²) in [6, 6.07) is 6.79. The first kappa shape index (κ1) is 9.37. The van der Waals surface area contributed by atoms with Gasteiger partial charge in [-0.25, -0.2) is 4.98 Å². The van der Waals surface area contributed by atoms with Gasteiger partial charge in [0.25, 0.3) is 0 Å². The number of hydrogen-bond acceptors (Lipinski definition) is 3. The average molecular weight is 224 g/mol. The highest BCUT2D eigenvalue weighted by molar-refractivity contribution is 7.11. The van der Waals surface area contributed by atoms with Gasteiger partial charge in [0.05, 0.1) is 0 Å². The van der Waals surface area contributed by atoms with E-state index in [0.717, 1.165) is 0 Å². The minimum atomic E-state index is -0.0586. The zero-order valence-corrected chi connectivity index (χ0v) is 8.68. The van der Waals surface area contributed by atoms with Gasteiger partial charge in [0.2, 0.25) is 5.78 Å². The highest BCUT2D eigenvalue weighted by Crippen LogP contribution is 2.14.